The van der Waals surface area contributed by atoms with Gasteiger partial charge in [0.1, 0.15) is 0 Å². The Balaban J connectivity index is 1.56. The predicted octanol–water partition coefficient (Wildman–Crippen LogP) is 3.14. The van der Waals surface area contributed by atoms with Crippen molar-refractivity contribution in [3.8, 4) is 0 Å². The van der Waals surface area contributed by atoms with Gasteiger partial charge in [-0.3, -0.25) is 10.1 Å². The number of carbonyl (C=O) groups excluding carboxylic acids is 1. The van der Waals surface area contributed by atoms with Gasteiger partial charge in [-0.2, -0.15) is 0 Å². The molecule has 4 aliphatic carbocycles. The van der Waals surface area contributed by atoms with Crippen LogP contribution < -0.4 is 5.32 Å². The number of hydrogen-bond acceptors (Lipinski definition) is 3. The van der Waals surface area contributed by atoms with Crippen molar-refractivity contribution >= 4 is 11.8 Å². The largest absolute Gasteiger partial charge is 0.338 e. The number of aromatic nitrogens is 1. The van der Waals surface area contributed by atoms with E-state index in [0.717, 1.165) is 42.7 Å². The summed E-state index contributed by atoms with van der Waals surface area (Å²) in [6, 6.07) is 1.79. The zero-order valence-electron chi connectivity index (χ0n) is 11.3. The van der Waals surface area contributed by atoms with E-state index in [-0.39, 0.29) is 11.3 Å². The second kappa shape index (κ2) is 3.84. The van der Waals surface area contributed by atoms with E-state index in [0.29, 0.717) is 5.88 Å². The lowest BCUT2D eigenvalue weighted by Gasteiger charge is -2.55. The third-order valence-electron chi connectivity index (χ3n) is 5.38. The van der Waals surface area contributed by atoms with Gasteiger partial charge < -0.3 is 4.52 Å². The van der Waals surface area contributed by atoms with Crippen molar-refractivity contribution < 1.29 is 9.32 Å². The van der Waals surface area contributed by atoms with Gasteiger partial charge in [-0.25, -0.2) is 0 Å². The molecule has 1 heterocycles. The van der Waals surface area contributed by atoms with E-state index < -0.39 is 0 Å². The van der Waals surface area contributed by atoms with Crippen molar-refractivity contribution in [3.05, 3.63) is 11.8 Å². The van der Waals surface area contributed by atoms with Gasteiger partial charge in [0, 0.05) is 6.07 Å². The summed E-state index contributed by atoms with van der Waals surface area (Å²) in [5.41, 5.74) is 0.691. The number of nitrogens with zero attached hydrogens (tertiary/aromatic N) is 1. The molecule has 4 aliphatic rings. The number of aryl methyl sites for hydroxylation is 1. The molecular weight excluding hydrogens is 240 g/mol. The number of amides is 1. The molecule has 0 aliphatic heterocycles. The molecule has 0 saturated heterocycles. The van der Waals surface area contributed by atoms with Crippen LogP contribution in [0.4, 0.5) is 5.88 Å². The van der Waals surface area contributed by atoms with Crippen LogP contribution in [0.25, 0.3) is 0 Å². The highest BCUT2D eigenvalue weighted by Gasteiger charge is 2.54. The minimum atomic E-state index is -0.116. The van der Waals surface area contributed by atoms with Gasteiger partial charge in [0.2, 0.25) is 11.8 Å². The first-order chi connectivity index (χ1) is 9.13. The molecule has 102 valence electrons. The standard InChI is InChI=1S/C15H20N2O2/c1-9-2-13(19-17-9)16-14(18)15-6-10-3-11(7-15)5-12(4-10)8-15/h2,10-12H,3-8H2,1H3,(H,16,18). The average Bonchev–Trinajstić information content (AvgIpc) is 2.73. The summed E-state index contributed by atoms with van der Waals surface area (Å²) in [6.45, 7) is 1.86. The van der Waals surface area contributed by atoms with Crippen LogP contribution in [0.15, 0.2) is 10.6 Å². The third kappa shape index (κ3) is 1.80. The molecule has 1 aromatic heterocycles. The van der Waals surface area contributed by atoms with E-state index in [1.165, 1.54) is 19.3 Å². The molecule has 4 saturated carbocycles. The Morgan fingerprint density at radius 2 is 1.84 bits per heavy atom. The molecule has 0 unspecified atom stereocenters. The van der Waals surface area contributed by atoms with Crippen LogP contribution in [-0.4, -0.2) is 11.1 Å². The first-order valence-corrected chi connectivity index (χ1v) is 7.38. The number of rotatable bonds is 2. The molecule has 0 atom stereocenters. The van der Waals surface area contributed by atoms with Crippen LogP contribution in [0.2, 0.25) is 0 Å². The summed E-state index contributed by atoms with van der Waals surface area (Å²) >= 11 is 0. The van der Waals surface area contributed by atoms with Gasteiger partial charge in [0.25, 0.3) is 0 Å². The molecule has 0 radical (unpaired) electrons. The monoisotopic (exact) mass is 260 g/mol. The van der Waals surface area contributed by atoms with E-state index in [9.17, 15) is 4.79 Å². The van der Waals surface area contributed by atoms with Crippen LogP contribution in [0.5, 0.6) is 0 Å². The van der Waals surface area contributed by atoms with Gasteiger partial charge in [-0.1, -0.05) is 5.16 Å². The summed E-state index contributed by atoms with van der Waals surface area (Å²) in [6.07, 6.45) is 7.31. The van der Waals surface area contributed by atoms with Crippen molar-refractivity contribution in [2.45, 2.75) is 45.4 Å². The Morgan fingerprint density at radius 3 is 2.32 bits per heavy atom. The van der Waals surface area contributed by atoms with E-state index in [4.69, 9.17) is 4.52 Å². The zero-order chi connectivity index (χ0) is 13.0. The number of anilines is 1. The topological polar surface area (TPSA) is 55.1 Å². The van der Waals surface area contributed by atoms with Crippen molar-refractivity contribution in [2.75, 3.05) is 5.32 Å². The van der Waals surface area contributed by atoms with Crippen molar-refractivity contribution in [2.24, 2.45) is 23.2 Å². The van der Waals surface area contributed by atoms with E-state index in [1.807, 2.05) is 6.92 Å². The summed E-state index contributed by atoms with van der Waals surface area (Å²) < 4.78 is 5.12. The van der Waals surface area contributed by atoms with Crippen LogP contribution >= 0.6 is 0 Å². The van der Waals surface area contributed by atoms with Gasteiger partial charge >= 0.3 is 0 Å². The van der Waals surface area contributed by atoms with Gasteiger partial charge in [0.05, 0.1) is 11.1 Å². The van der Waals surface area contributed by atoms with Crippen LogP contribution in [-0.2, 0) is 4.79 Å². The Labute approximate surface area is 112 Å². The van der Waals surface area contributed by atoms with E-state index in [1.54, 1.807) is 6.07 Å². The van der Waals surface area contributed by atoms with Crippen LogP contribution in [0.1, 0.15) is 44.2 Å². The second-order valence-electron chi connectivity index (χ2n) is 6.98. The summed E-state index contributed by atoms with van der Waals surface area (Å²) in [5.74, 6) is 3.02. The van der Waals surface area contributed by atoms with Crippen molar-refractivity contribution in [1.82, 2.24) is 5.16 Å². The fourth-order valence-electron chi connectivity index (χ4n) is 5.06. The molecule has 1 N–H and O–H groups in total. The van der Waals surface area contributed by atoms with E-state index in [2.05, 4.69) is 10.5 Å². The number of carbonyl (C=O) groups is 1. The molecule has 5 rings (SSSR count). The molecule has 4 heteroatoms. The molecule has 19 heavy (non-hydrogen) atoms. The molecule has 1 amide bonds. The van der Waals surface area contributed by atoms with Gasteiger partial charge in [-0.05, 0) is 63.2 Å². The zero-order valence-corrected chi connectivity index (χ0v) is 11.3. The molecule has 1 aromatic rings. The highest BCUT2D eigenvalue weighted by atomic mass is 16.5. The van der Waals surface area contributed by atoms with Crippen LogP contribution in [0.3, 0.4) is 0 Å². The maximum absolute atomic E-state index is 12.7. The second-order valence-corrected chi connectivity index (χ2v) is 6.98. The van der Waals surface area contributed by atoms with Crippen molar-refractivity contribution in [1.29, 1.82) is 0 Å². The highest BCUT2D eigenvalue weighted by molar-refractivity contribution is 5.94. The minimum Gasteiger partial charge on any atom is -0.338 e. The van der Waals surface area contributed by atoms with E-state index >= 15 is 0 Å². The maximum Gasteiger partial charge on any atom is 0.233 e. The Morgan fingerprint density at radius 1 is 1.26 bits per heavy atom. The van der Waals surface area contributed by atoms with Gasteiger partial charge in [-0.15, -0.1) is 0 Å². The first-order valence-electron chi connectivity index (χ1n) is 7.38. The number of hydrogen-bond donors (Lipinski definition) is 1. The lowest BCUT2D eigenvalue weighted by molar-refractivity contribution is -0.140. The molecule has 4 bridgehead atoms. The SMILES string of the molecule is Cc1cc(NC(=O)C23CC4CC(CC(C4)C2)C3)on1. The highest BCUT2D eigenvalue weighted by Crippen LogP contribution is 2.60. The average molecular weight is 260 g/mol. The first kappa shape index (κ1) is 11.5. The maximum atomic E-state index is 12.7. The van der Waals surface area contributed by atoms with Crippen LogP contribution in [0, 0.1) is 30.1 Å². The fraction of sp³-hybridized carbons (Fsp3) is 0.733. The van der Waals surface area contributed by atoms with Gasteiger partial charge in [0.15, 0.2) is 0 Å². The number of nitrogens with one attached hydrogen (secondary N) is 1. The predicted molar refractivity (Wildman–Crippen MR) is 70.5 cm³/mol. The van der Waals surface area contributed by atoms with Crippen molar-refractivity contribution in [3.63, 3.8) is 0 Å². The molecule has 0 spiro atoms. The minimum absolute atomic E-state index is 0.116. The molecular formula is C15H20N2O2. The lowest BCUT2D eigenvalue weighted by atomic mass is 9.49. The Bertz CT molecular complexity index is 485. The summed E-state index contributed by atoms with van der Waals surface area (Å²) in [5, 5.41) is 6.78. The summed E-state index contributed by atoms with van der Waals surface area (Å²) in [7, 11) is 0. The molecule has 4 nitrogen and oxygen atoms in total. The quantitative estimate of drug-likeness (QED) is 0.888. The smallest absolute Gasteiger partial charge is 0.233 e. The summed E-state index contributed by atoms with van der Waals surface area (Å²) in [4.78, 5) is 12.7. The fourth-order valence-corrected chi connectivity index (χ4v) is 5.06. The molecule has 0 aromatic carbocycles. The Hall–Kier alpha value is -1.32. The lowest BCUT2D eigenvalue weighted by Crippen LogP contribution is -2.51. The third-order valence-corrected chi connectivity index (χ3v) is 5.38. The Kier molecular flexibility index (Phi) is 2.32. The normalized spacial score (nSPS) is 39.5. The molecule has 4 fully saturated rings.